The highest BCUT2D eigenvalue weighted by Crippen LogP contribution is 2.27. The molecule has 21 heavy (non-hydrogen) atoms. The number of carboxylic acid groups (broad SMARTS) is 1. The molecule has 3 rings (SSSR count). The molecule has 0 bridgehead atoms. The lowest BCUT2D eigenvalue weighted by Gasteiger charge is -2.14. The summed E-state index contributed by atoms with van der Waals surface area (Å²) in [4.78, 5) is 25.2. The van der Waals surface area contributed by atoms with Gasteiger partial charge in [0.1, 0.15) is 11.5 Å². The Labute approximate surface area is 121 Å². The molecule has 5 heteroatoms. The Morgan fingerprint density at radius 3 is 2.48 bits per heavy atom. The first-order chi connectivity index (χ1) is 9.95. The molecule has 1 aromatic heterocycles. The summed E-state index contributed by atoms with van der Waals surface area (Å²) in [6.07, 6.45) is 0. The van der Waals surface area contributed by atoms with Crippen LogP contribution in [0.5, 0.6) is 0 Å². The summed E-state index contributed by atoms with van der Waals surface area (Å²) < 4.78 is 5.40. The molecular formula is C16H15NO4. The minimum absolute atomic E-state index is 0.0857. The summed E-state index contributed by atoms with van der Waals surface area (Å²) in [5.41, 5.74) is 2.70. The molecular weight excluding hydrogens is 270 g/mol. The first-order valence-corrected chi connectivity index (χ1v) is 6.67. The normalized spacial score (nSPS) is 13.3. The summed E-state index contributed by atoms with van der Waals surface area (Å²) in [6.45, 7) is 4.50. The third-order valence-corrected chi connectivity index (χ3v) is 3.73. The quantitative estimate of drug-likeness (QED) is 0.921. The van der Waals surface area contributed by atoms with E-state index in [9.17, 15) is 9.59 Å². The summed E-state index contributed by atoms with van der Waals surface area (Å²) in [5.74, 6) is 0.279. The molecule has 0 radical (unpaired) electrons. The lowest BCUT2D eigenvalue weighted by molar-refractivity contribution is 0.0696. The van der Waals surface area contributed by atoms with Gasteiger partial charge in [-0.15, -0.1) is 0 Å². The van der Waals surface area contributed by atoms with Crippen LogP contribution >= 0.6 is 0 Å². The molecule has 2 heterocycles. The fourth-order valence-corrected chi connectivity index (χ4v) is 2.68. The Kier molecular flexibility index (Phi) is 3.05. The SMILES string of the molecule is Cc1cc(C(=O)N2Cc3ccc(C(=O)O)cc3C2)c(C)o1. The van der Waals surface area contributed by atoms with Gasteiger partial charge in [-0.05, 0) is 43.2 Å². The van der Waals surface area contributed by atoms with Crippen LogP contribution in [0.4, 0.5) is 0 Å². The molecule has 0 fully saturated rings. The number of carbonyl (C=O) groups is 2. The van der Waals surface area contributed by atoms with E-state index in [1.807, 2.05) is 6.92 Å². The van der Waals surface area contributed by atoms with Crippen molar-refractivity contribution < 1.29 is 19.1 Å². The Hall–Kier alpha value is -2.56. The van der Waals surface area contributed by atoms with Crippen molar-refractivity contribution in [3.05, 3.63) is 58.0 Å². The third-order valence-electron chi connectivity index (χ3n) is 3.73. The number of nitrogens with zero attached hydrogens (tertiary/aromatic N) is 1. The average Bonchev–Trinajstić information content (AvgIpc) is 2.99. The Bertz CT molecular complexity index is 745. The minimum Gasteiger partial charge on any atom is -0.478 e. The smallest absolute Gasteiger partial charge is 0.335 e. The second kappa shape index (κ2) is 4.77. The van der Waals surface area contributed by atoms with Gasteiger partial charge in [0.25, 0.3) is 5.91 Å². The number of furan rings is 1. The van der Waals surface area contributed by atoms with Gasteiger partial charge >= 0.3 is 5.97 Å². The predicted molar refractivity (Wildman–Crippen MR) is 75.2 cm³/mol. The van der Waals surface area contributed by atoms with Crippen molar-refractivity contribution in [2.75, 3.05) is 0 Å². The number of aryl methyl sites for hydroxylation is 2. The fourth-order valence-electron chi connectivity index (χ4n) is 2.68. The number of rotatable bonds is 2. The lowest BCUT2D eigenvalue weighted by Crippen LogP contribution is -2.25. The summed E-state index contributed by atoms with van der Waals surface area (Å²) >= 11 is 0. The molecule has 0 spiro atoms. The van der Waals surface area contributed by atoms with Crippen LogP contribution in [-0.4, -0.2) is 21.9 Å². The first kappa shape index (κ1) is 13.4. The van der Waals surface area contributed by atoms with Gasteiger partial charge in [0.15, 0.2) is 0 Å². The maximum Gasteiger partial charge on any atom is 0.335 e. The summed E-state index contributed by atoms with van der Waals surface area (Å²) in [6, 6.07) is 6.73. The Morgan fingerprint density at radius 1 is 1.14 bits per heavy atom. The summed E-state index contributed by atoms with van der Waals surface area (Å²) in [7, 11) is 0. The average molecular weight is 285 g/mol. The highest BCUT2D eigenvalue weighted by atomic mass is 16.4. The van der Waals surface area contributed by atoms with Crippen LogP contribution in [0, 0.1) is 13.8 Å². The van der Waals surface area contributed by atoms with Crippen molar-refractivity contribution in [1.82, 2.24) is 4.90 Å². The van der Waals surface area contributed by atoms with Gasteiger partial charge in [0, 0.05) is 13.1 Å². The monoisotopic (exact) mass is 285 g/mol. The Balaban J connectivity index is 1.86. The first-order valence-electron chi connectivity index (χ1n) is 6.67. The number of carbonyl (C=O) groups excluding carboxylic acids is 1. The number of aromatic carboxylic acids is 1. The Morgan fingerprint density at radius 2 is 1.86 bits per heavy atom. The van der Waals surface area contributed by atoms with Crippen molar-refractivity contribution in [2.24, 2.45) is 0 Å². The van der Waals surface area contributed by atoms with E-state index in [2.05, 4.69) is 0 Å². The van der Waals surface area contributed by atoms with Crippen LogP contribution < -0.4 is 0 Å². The molecule has 0 aliphatic carbocycles. The van der Waals surface area contributed by atoms with Crippen LogP contribution in [0.2, 0.25) is 0 Å². The van der Waals surface area contributed by atoms with Crippen LogP contribution in [-0.2, 0) is 13.1 Å². The number of amides is 1. The van der Waals surface area contributed by atoms with Gasteiger partial charge < -0.3 is 14.4 Å². The van der Waals surface area contributed by atoms with Gasteiger partial charge in [-0.1, -0.05) is 6.07 Å². The molecule has 0 saturated heterocycles. The summed E-state index contributed by atoms with van der Waals surface area (Å²) in [5, 5.41) is 9.02. The molecule has 1 aliphatic heterocycles. The van der Waals surface area contributed by atoms with Crippen LogP contribution in [0.1, 0.15) is 43.4 Å². The van der Waals surface area contributed by atoms with Gasteiger partial charge in [-0.2, -0.15) is 0 Å². The molecule has 2 aromatic rings. The number of hydrogen-bond acceptors (Lipinski definition) is 3. The van der Waals surface area contributed by atoms with E-state index < -0.39 is 5.97 Å². The number of fused-ring (bicyclic) bond motifs is 1. The third kappa shape index (κ3) is 2.31. The van der Waals surface area contributed by atoms with Crippen molar-refractivity contribution >= 4 is 11.9 Å². The zero-order valence-electron chi connectivity index (χ0n) is 11.8. The van der Waals surface area contributed by atoms with E-state index >= 15 is 0 Å². The second-order valence-electron chi connectivity index (χ2n) is 5.28. The van der Waals surface area contributed by atoms with E-state index in [-0.39, 0.29) is 11.5 Å². The minimum atomic E-state index is -0.955. The molecule has 108 valence electrons. The van der Waals surface area contributed by atoms with Crippen molar-refractivity contribution in [3.63, 3.8) is 0 Å². The van der Waals surface area contributed by atoms with E-state index in [0.29, 0.717) is 30.2 Å². The maximum atomic E-state index is 12.5. The van der Waals surface area contributed by atoms with Crippen LogP contribution in [0.3, 0.4) is 0 Å². The van der Waals surface area contributed by atoms with E-state index in [1.54, 1.807) is 36.1 Å². The van der Waals surface area contributed by atoms with Gasteiger partial charge in [-0.25, -0.2) is 4.79 Å². The van der Waals surface area contributed by atoms with Crippen LogP contribution in [0.15, 0.2) is 28.7 Å². The molecule has 0 saturated carbocycles. The van der Waals surface area contributed by atoms with Gasteiger partial charge in [0.05, 0.1) is 11.1 Å². The zero-order valence-corrected chi connectivity index (χ0v) is 11.8. The number of benzene rings is 1. The number of hydrogen-bond donors (Lipinski definition) is 1. The van der Waals surface area contributed by atoms with Gasteiger partial charge in [-0.3, -0.25) is 4.79 Å². The maximum absolute atomic E-state index is 12.5. The predicted octanol–water partition coefficient (Wildman–Crippen LogP) is 2.75. The molecule has 0 atom stereocenters. The van der Waals surface area contributed by atoms with E-state index in [0.717, 1.165) is 11.1 Å². The van der Waals surface area contributed by atoms with E-state index in [1.165, 1.54) is 0 Å². The molecule has 1 N–H and O–H groups in total. The van der Waals surface area contributed by atoms with Crippen LogP contribution in [0.25, 0.3) is 0 Å². The lowest BCUT2D eigenvalue weighted by atomic mass is 10.1. The fraction of sp³-hybridized carbons (Fsp3) is 0.250. The van der Waals surface area contributed by atoms with Crippen molar-refractivity contribution in [3.8, 4) is 0 Å². The van der Waals surface area contributed by atoms with E-state index in [4.69, 9.17) is 9.52 Å². The molecule has 1 amide bonds. The van der Waals surface area contributed by atoms with Crippen molar-refractivity contribution in [2.45, 2.75) is 26.9 Å². The largest absolute Gasteiger partial charge is 0.478 e. The topological polar surface area (TPSA) is 70.8 Å². The molecule has 0 unspecified atom stereocenters. The highest BCUT2D eigenvalue weighted by Gasteiger charge is 2.27. The molecule has 1 aliphatic rings. The molecule has 5 nitrogen and oxygen atoms in total. The van der Waals surface area contributed by atoms with Crippen molar-refractivity contribution in [1.29, 1.82) is 0 Å². The standard InChI is InChI=1S/C16H15NO4/c1-9-5-14(10(2)21-9)15(18)17-7-12-4-3-11(16(19)20)6-13(12)8-17/h3-6H,7-8H2,1-2H3,(H,19,20). The zero-order chi connectivity index (χ0) is 15.1. The number of carboxylic acids is 1. The molecule has 1 aromatic carbocycles. The second-order valence-corrected chi connectivity index (χ2v) is 5.28. The van der Waals surface area contributed by atoms with Gasteiger partial charge in [0.2, 0.25) is 0 Å². The highest BCUT2D eigenvalue weighted by molar-refractivity contribution is 5.95.